The molecular weight excluding hydrogens is 505 g/mol. The maximum atomic E-state index is 13.0. The van der Waals surface area contributed by atoms with Gasteiger partial charge in [0, 0.05) is 16.4 Å². The van der Waals surface area contributed by atoms with Crippen molar-refractivity contribution in [1.29, 1.82) is 0 Å². The molecule has 36 heavy (non-hydrogen) atoms. The van der Waals surface area contributed by atoms with Gasteiger partial charge in [-0.3, -0.25) is 14.4 Å². The van der Waals surface area contributed by atoms with Gasteiger partial charge in [-0.05, 0) is 60.0 Å². The summed E-state index contributed by atoms with van der Waals surface area (Å²) >= 11 is 12.3. The first-order valence-electron chi connectivity index (χ1n) is 10.7. The maximum absolute atomic E-state index is 13.0. The predicted octanol–water partition coefficient (Wildman–Crippen LogP) is 3.63. The summed E-state index contributed by atoms with van der Waals surface area (Å²) < 4.78 is 0. The van der Waals surface area contributed by atoms with Crippen LogP contribution in [0.2, 0.25) is 5.02 Å². The summed E-state index contributed by atoms with van der Waals surface area (Å²) in [7, 11) is 0. The molecular formula is C26H18Cl2N3O5-. The van der Waals surface area contributed by atoms with Crippen molar-refractivity contribution in [2.75, 3.05) is 15.5 Å². The normalized spacial score (nSPS) is 13.2. The summed E-state index contributed by atoms with van der Waals surface area (Å²) in [5, 5.41) is 16.6. The number of carbonyl (C=O) groups excluding carboxylic acids is 4. The van der Waals surface area contributed by atoms with Crippen LogP contribution in [-0.2, 0) is 20.8 Å². The van der Waals surface area contributed by atoms with Crippen molar-refractivity contribution in [3.63, 3.8) is 0 Å². The maximum Gasteiger partial charge on any atom is 0.283 e. The van der Waals surface area contributed by atoms with Gasteiger partial charge in [0.05, 0.1) is 18.1 Å². The molecule has 0 aliphatic carbocycles. The Balaban J connectivity index is 1.41. The first-order chi connectivity index (χ1) is 17.2. The average Bonchev–Trinajstić information content (AvgIpc) is 3.05. The average molecular weight is 523 g/mol. The number of hydrogen-bond acceptors (Lipinski definition) is 6. The molecule has 4 rings (SSSR count). The van der Waals surface area contributed by atoms with Crippen LogP contribution in [0.3, 0.4) is 0 Å². The summed E-state index contributed by atoms with van der Waals surface area (Å²) in [6, 6.07) is 17.2. The molecule has 2 N–H and O–H groups in total. The van der Waals surface area contributed by atoms with Crippen LogP contribution in [0.25, 0.3) is 0 Å². The fraction of sp³-hybridized carbons (Fsp3) is 0.0769. The predicted molar refractivity (Wildman–Crippen MR) is 135 cm³/mol. The largest absolute Gasteiger partial charge is 0.545 e. The highest BCUT2D eigenvalue weighted by Gasteiger charge is 2.39. The Bertz CT molecular complexity index is 1420. The van der Waals surface area contributed by atoms with Gasteiger partial charge in [-0.1, -0.05) is 53.5 Å². The number of carbonyl (C=O) groups is 4. The van der Waals surface area contributed by atoms with Crippen molar-refractivity contribution in [3.8, 4) is 0 Å². The van der Waals surface area contributed by atoms with E-state index in [9.17, 15) is 24.3 Å². The van der Waals surface area contributed by atoms with Gasteiger partial charge in [0.15, 0.2) is 0 Å². The second-order valence-electron chi connectivity index (χ2n) is 7.93. The number of carboxylic acids is 1. The topological polar surface area (TPSA) is 119 Å². The highest BCUT2D eigenvalue weighted by atomic mass is 35.5. The van der Waals surface area contributed by atoms with Crippen molar-refractivity contribution >= 4 is 64.0 Å². The van der Waals surface area contributed by atoms with Crippen LogP contribution >= 0.6 is 23.2 Å². The van der Waals surface area contributed by atoms with E-state index < -0.39 is 17.8 Å². The standard InChI is InChI=1S/C26H19Cl2N3O5/c1-14-19(27)3-2-4-20(14)31-24(33)22(28)23(25(31)34)30-18-9-5-15(6-10-18)13-21(32)29-17-11-7-16(8-12-17)26(35)36/h2-12,30H,13H2,1H3,(H,29,32)(H,35,36)/p-1. The Labute approximate surface area is 216 Å². The smallest absolute Gasteiger partial charge is 0.283 e. The van der Waals surface area contributed by atoms with E-state index in [1.54, 1.807) is 49.4 Å². The zero-order valence-electron chi connectivity index (χ0n) is 18.8. The second-order valence-corrected chi connectivity index (χ2v) is 8.72. The third-order valence-electron chi connectivity index (χ3n) is 5.50. The lowest BCUT2D eigenvalue weighted by molar-refractivity contribution is -0.255. The van der Waals surface area contributed by atoms with Gasteiger partial charge in [-0.15, -0.1) is 0 Å². The fourth-order valence-electron chi connectivity index (χ4n) is 3.60. The molecule has 0 bridgehead atoms. The second kappa shape index (κ2) is 10.2. The number of imide groups is 1. The van der Waals surface area contributed by atoms with Gasteiger partial charge < -0.3 is 20.5 Å². The highest BCUT2D eigenvalue weighted by Crippen LogP contribution is 2.34. The molecule has 182 valence electrons. The van der Waals surface area contributed by atoms with Crippen molar-refractivity contribution in [2.24, 2.45) is 0 Å². The van der Waals surface area contributed by atoms with Crippen molar-refractivity contribution in [2.45, 2.75) is 13.3 Å². The van der Waals surface area contributed by atoms with Gasteiger partial charge in [0.2, 0.25) is 5.91 Å². The molecule has 1 aliphatic rings. The summed E-state index contributed by atoms with van der Waals surface area (Å²) in [5.74, 6) is -2.86. The van der Waals surface area contributed by atoms with Crippen LogP contribution in [-0.4, -0.2) is 23.7 Å². The monoisotopic (exact) mass is 522 g/mol. The Morgan fingerprint density at radius 2 is 1.53 bits per heavy atom. The molecule has 8 nitrogen and oxygen atoms in total. The highest BCUT2D eigenvalue weighted by molar-refractivity contribution is 6.53. The Morgan fingerprint density at radius 1 is 0.889 bits per heavy atom. The van der Waals surface area contributed by atoms with Crippen LogP contribution in [0.1, 0.15) is 21.5 Å². The molecule has 3 amide bonds. The van der Waals surface area contributed by atoms with E-state index in [-0.39, 0.29) is 28.6 Å². The molecule has 0 aromatic heterocycles. The number of anilines is 3. The van der Waals surface area contributed by atoms with Gasteiger partial charge in [-0.2, -0.15) is 0 Å². The summed E-state index contributed by atoms with van der Waals surface area (Å²) in [6.45, 7) is 1.70. The molecule has 10 heteroatoms. The molecule has 0 unspecified atom stereocenters. The van der Waals surface area contributed by atoms with Crippen LogP contribution < -0.4 is 20.6 Å². The molecule has 0 fully saturated rings. The van der Waals surface area contributed by atoms with E-state index in [1.165, 1.54) is 24.3 Å². The van der Waals surface area contributed by atoms with Crippen LogP contribution in [0.15, 0.2) is 77.5 Å². The number of carboxylic acid groups (broad SMARTS) is 1. The number of benzene rings is 3. The van der Waals surface area contributed by atoms with Gasteiger partial charge >= 0.3 is 0 Å². The third kappa shape index (κ3) is 5.10. The Kier molecular flexibility index (Phi) is 7.10. The lowest BCUT2D eigenvalue weighted by atomic mass is 10.1. The number of halogens is 2. The molecule has 0 saturated carbocycles. The third-order valence-corrected chi connectivity index (χ3v) is 6.26. The molecule has 0 radical (unpaired) electrons. The Morgan fingerprint density at radius 3 is 2.17 bits per heavy atom. The van der Waals surface area contributed by atoms with Gasteiger partial charge in [-0.25, -0.2) is 4.90 Å². The lowest BCUT2D eigenvalue weighted by Gasteiger charge is -2.18. The molecule has 0 atom stereocenters. The van der Waals surface area contributed by atoms with Crippen LogP contribution in [0, 0.1) is 6.92 Å². The number of amides is 3. The molecule has 0 spiro atoms. The van der Waals surface area contributed by atoms with E-state index in [2.05, 4.69) is 10.6 Å². The minimum atomic E-state index is -1.30. The number of hydrogen-bond donors (Lipinski definition) is 2. The van der Waals surface area contributed by atoms with Gasteiger partial charge in [0.25, 0.3) is 11.8 Å². The summed E-state index contributed by atoms with van der Waals surface area (Å²) in [5.41, 5.74) is 2.51. The lowest BCUT2D eigenvalue weighted by Crippen LogP contribution is -2.32. The first-order valence-corrected chi connectivity index (χ1v) is 11.4. The van der Waals surface area contributed by atoms with E-state index in [4.69, 9.17) is 23.2 Å². The molecule has 0 saturated heterocycles. The summed E-state index contributed by atoms with van der Waals surface area (Å²) in [6.07, 6.45) is 0.0607. The molecule has 3 aromatic rings. The van der Waals surface area contributed by atoms with E-state index in [1.807, 2.05) is 0 Å². The zero-order chi connectivity index (χ0) is 26.0. The van der Waals surface area contributed by atoms with Gasteiger partial charge in [0.1, 0.15) is 10.7 Å². The van der Waals surface area contributed by atoms with E-state index in [0.29, 0.717) is 33.2 Å². The quantitative estimate of drug-likeness (QED) is 0.457. The number of nitrogens with zero attached hydrogens (tertiary/aromatic N) is 1. The minimum absolute atomic E-state index is 0.0135. The van der Waals surface area contributed by atoms with Crippen LogP contribution in [0.4, 0.5) is 17.1 Å². The SMILES string of the molecule is Cc1c(Cl)cccc1N1C(=O)C(Cl)=C(Nc2ccc(CC(=O)Nc3ccc(C(=O)[O-])cc3)cc2)C1=O. The zero-order valence-corrected chi connectivity index (χ0v) is 20.3. The molecule has 1 aliphatic heterocycles. The Hall–Kier alpha value is -4.14. The van der Waals surface area contributed by atoms with Crippen molar-refractivity contribution in [3.05, 3.63) is 99.2 Å². The number of aromatic carboxylic acids is 1. The first kappa shape index (κ1) is 25.0. The number of rotatable bonds is 7. The molecule has 1 heterocycles. The minimum Gasteiger partial charge on any atom is -0.545 e. The van der Waals surface area contributed by atoms with Crippen molar-refractivity contribution in [1.82, 2.24) is 0 Å². The fourth-order valence-corrected chi connectivity index (χ4v) is 3.98. The van der Waals surface area contributed by atoms with E-state index in [0.717, 1.165) is 4.90 Å². The summed E-state index contributed by atoms with van der Waals surface area (Å²) in [4.78, 5) is 49.8. The molecule has 3 aromatic carbocycles. The van der Waals surface area contributed by atoms with Crippen LogP contribution in [0.5, 0.6) is 0 Å². The number of nitrogens with one attached hydrogen (secondary N) is 2. The van der Waals surface area contributed by atoms with E-state index >= 15 is 0 Å². The van der Waals surface area contributed by atoms with Crippen molar-refractivity contribution < 1.29 is 24.3 Å².